The van der Waals surface area contributed by atoms with Crippen LogP contribution < -0.4 is 5.32 Å². The van der Waals surface area contributed by atoms with E-state index in [0.29, 0.717) is 5.69 Å². The molecule has 1 aromatic carbocycles. The lowest BCUT2D eigenvalue weighted by molar-refractivity contribution is -0.385. The number of hydrogen-bond acceptors (Lipinski definition) is 3. The predicted molar refractivity (Wildman–Crippen MR) is 68.0 cm³/mol. The average Bonchev–Trinajstić information content (AvgIpc) is 2.63. The van der Waals surface area contributed by atoms with Crippen LogP contribution in [0.15, 0.2) is 18.2 Å². The molecular formula is C13H17FN2O2. The van der Waals surface area contributed by atoms with E-state index in [1.807, 2.05) is 0 Å². The van der Waals surface area contributed by atoms with E-state index in [1.54, 1.807) is 0 Å². The quantitative estimate of drug-likeness (QED) is 0.660. The van der Waals surface area contributed by atoms with Crippen molar-refractivity contribution < 1.29 is 9.31 Å². The van der Waals surface area contributed by atoms with Gasteiger partial charge in [-0.25, -0.2) is 4.39 Å². The number of nitro benzene ring substituents is 1. The Morgan fingerprint density at radius 2 is 1.83 bits per heavy atom. The van der Waals surface area contributed by atoms with Gasteiger partial charge in [0.05, 0.1) is 16.7 Å². The summed E-state index contributed by atoms with van der Waals surface area (Å²) in [5, 5.41) is 13.7. The third kappa shape index (κ3) is 1.74. The van der Waals surface area contributed by atoms with Crippen molar-refractivity contribution in [2.45, 2.75) is 33.7 Å². The number of non-ortho nitro benzene ring substituents is 1. The molecule has 1 aromatic rings. The maximum absolute atomic E-state index is 13.7. The van der Waals surface area contributed by atoms with Crippen molar-refractivity contribution in [3.63, 3.8) is 0 Å². The molecule has 2 rings (SSSR count). The maximum Gasteiger partial charge on any atom is 0.272 e. The molecule has 0 radical (unpaired) electrons. The molecule has 0 heterocycles. The monoisotopic (exact) mass is 252 g/mol. The fourth-order valence-electron chi connectivity index (χ4n) is 2.45. The van der Waals surface area contributed by atoms with E-state index in [0.717, 1.165) is 6.07 Å². The third-order valence-corrected chi connectivity index (χ3v) is 4.48. The number of nitrogens with one attached hydrogen (secondary N) is 1. The van der Waals surface area contributed by atoms with Crippen molar-refractivity contribution in [2.24, 2.45) is 10.8 Å². The van der Waals surface area contributed by atoms with Crippen LogP contribution in [0.3, 0.4) is 0 Å². The summed E-state index contributed by atoms with van der Waals surface area (Å²) in [4.78, 5) is 9.92. The minimum absolute atomic E-state index is 0.0845. The Morgan fingerprint density at radius 3 is 2.22 bits per heavy atom. The number of nitro groups is 1. The number of hydrogen-bond donors (Lipinski definition) is 1. The smallest absolute Gasteiger partial charge is 0.272 e. The highest BCUT2D eigenvalue weighted by Gasteiger charge is 2.65. The van der Waals surface area contributed by atoms with Crippen LogP contribution in [-0.2, 0) is 0 Å². The standard InChI is InChI=1S/C13H17FN2O2/c1-12(2)11(13(12,3)4)15-10-6-5-8(16(17)18)7-9(10)14/h5-7,11,15H,1-4H3. The SMILES string of the molecule is CC1(C)C(Nc2ccc([N+](=O)[O-])cc2F)C1(C)C. The zero-order valence-electron chi connectivity index (χ0n) is 11.0. The van der Waals surface area contributed by atoms with E-state index in [1.165, 1.54) is 12.1 Å². The summed E-state index contributed by atoms with van der Waals surface area (Å²) in [5.41, 5.74) is 0.263. The van der Waals surface area contributed by atoms with Gasteiger partial charge in [0, 0.05) is 12.1 Å². The van der Waals surface area contributed by atoms with Crippen LogP contribution in [0.2, 0.25) is 0 Å². The number of halogens is 1. The highest BCUT2D eigenvalue weighted by atomic mass is 19.1. The van der Waals surface area contributed by atoms with Crippen LogP contribution in [0.25, 0.3) is 0 Å². The van der Waals surface area contributed by atoms with Gasteiger partial charge in [0.25, 0.3) is 5.69 Å². The minimum Gasteiger partial charge on any atom is -0.379 e. The summed E-state index contributed by atoms with van der Waals surface area (Å²) in [7, 11) is 0. The van der Waals surface area contributed by atoms with Crippen molar-refractivity contribution >= 4 is 11.4 Å². The number of anilines is 1. The second-order valence-electron chi connectivity index (χ2n) is 5.94. The number of rotatable bonds is 3. The molecule has 0 spiro atoms. The fourth-order valence-corrected chi connectivity index (χ4v) is 2.45. The van der Waals surface area contributed by atoms with E-state index >= 15 is 0 Å². The fraction of sp³-hybridized carbons (Fsp3) is 0.538. The van der Waals surface area contributed by atoms with Crippen molar-refractivity contribution in [2.75, 3.05) is 5.32 Å². The van der Waals surface area contributed by atoms with Crippen LogP contribution in [0.4, 0.5) is 15.8 Å². The average molecular weight is 252 g/mol. The number of benzene rings is 1. The first kappa shape index (κ1) is 12.8. The molecule has 0 aromatic heterocycles. The highest BCUT2D eigenvalue weighted by molar-refractivity contribution is 5.53. The molecule has 4 nitrogen and oxygen atoms in total. The van der Waals surface area contributed by atoms with Crippen LogP contribution in [0.1, 0.15) is 27.7 Å². The van der Waals surface area contributed by atoms with Gasteiger partial charge in [-0.1, -0.05) is 27.7 Å². The molecule has 1 saturated carbocycles. The van der Waals surface area contributed by atoms with Gasteiger partial charge in [0.15, 0.2) is 5.82 Å². The second kappa shape index (κ2) is 3.67. The molecule has 1 fully saturated rings. The Hall–Kier alpha value is -1.65. The summed E-state index contributed by atoms with van der Waals surface area (Å²) in [6.45, 7) is 8.48. The summed E-state index contributed by atoms with van der Waals surface area (Å²) in [6, 6.07) is 3.86. The highest BCUT2D eigenvalue weighted by Crippen LogP contribution is 2.63. The van der Waals surface area contributed by atoms with E-state index in [-0.39, 0.29) is 22.6 Å². The minimum atomic E-state index is -0.599. The Kier molecular flexibility index (Phi) is 2.61. The molecule has 0 saturated heterocycles. The largest absolute Gasteiger partial charge is 0.379 e. The van der Waals surface area contributed by atoms with Crippen molar-refractivity contribution in [3.05, 3.63) is 34.1 Å². The van der Waals surface area contributed by atoms with Crippen LogP contribution in [-0.4, -0.2) is 11.0 Å². The topological polar surface area (TPSA) is 55.2 Å². The summed E-state index contributed by atoms with van der Waals surface area (Å²) < 4.78 is 13.7. The molecule has 1 aliphatic rings. The van der Waals surface area contributed by atoms with E-state index in [2.05, 4.69) is 33.0 Å². The molecule has 0 amide bonds. The molecular weight excluding hydrogens is 235 g/mol. The van der Waals surface area contributed by atoms with Crippen LogP contribution in [0.5, 0.6) is 0 Å². The Morgan fingerprint density at radius 1 is 1.28 bits per heavy atom. The molecule has 0 aliphatic heterocycles. The Labute approximate surface area is 105 Å². The molecule has 98 valence electrons. The molecule has 0 unspecified atom stereocenters. The molecule has 18 heavy (non-hydrogen) atoms. The van der Waals surface area contributed by atoms with Gasteiger partial charge >= 0.3 is 0 Å². The summed E-state index contributed by atoms with van der Waals surface area (Å²) >= 11 is 0. The van der Waals surface area contributed by atoms with Crippen molar-refractivity contribution in [1.82, 2.24) is 0 Å². The summed E-state index contributed by atoms with van der Waals surface area (Å²) in [5.74, 6) is -0.581. The molecule has 0 atom stereocenters. The number of nitrogens with zero attached hydrogens (tertiary/aromatic N) is 1. The van der Waals surface area contributed by atoms with Gasteiger partial charge < -0.3 is 5.32 Å². The zero-order valence-corrected chi connectivity index (χ0v) is 11.0. The Bertz CT molecular complexity index is 498. The van der Waals surface area contributed by atoms with Gasteiger partial charge in [0.2, 0.25) is 0 Å². The van der Waals surface area contributed by atoms with Crippen molar-refractivity contribution in [3.8, 4) is 0 Å². The zero-order chi connectivity index (χ0) is 13.7. The normalized spacial score (nSPS) is 20.5. The lowest BCUT2D eigenvalue weighted by atomic mass is 10.0. The van der Waals surface area contributed by atoms with Crippen LogP contribution >= 0.6 is 0 Å². The van der Waals surface area contributed by atoms with Gasteiger partial charge in [-0.2, -0.15) is 0 Å². The third-order valence-electron chi connectivity index (χ3n) is 4.48. The first-order valence-electron chi connectivity index (χ1n) is 5.88. The van der Waals surface area contributed by atoms with Crippen molar-refractivity contribution in [1.29, 1.82) is 0 Å². The molecule has 5 heteroatoms. The second-order valence-corrected chi connectivity index (χ2v) is 5.94. The molecule has 1 N–H and O–H groups in total. The lowest BCUT2D eigenvalue weighted by Crippen LogP contribution is -2.11. The van der Waals surface area contributed by atoms with E-state index < -0.39 is 10.7 Å². The lowest BCUT2D eigenvalue weighted by Gasteiger charge is -2.09. The predicted octanol–water partition coefficient (Wildman–Crippen LogP) is 3.58. The van der Waals surface area contributed by atoms with E-state index in [4.69, 9.17) is 0 Å². The van der Waals surface area contributed by atoms with Gasteiger partial charge in [-0.05, 0) is 16.9 Å². The maximum atomic E-state index is 13.7. The van der Waals surface area contributed by atoms with Gasteiger partial charge in [-0.15, -0.1) is 0 Å². The first-order chi connectivity index (χ1) is 8.18. The summed E-state index contributed by atoms with van der Waals surface area (Å²) in [6.07, 6.45) is 0. The van der Waals surface area contributed by atoms with Crippen LogP contribution in [0, 0.1) is 26.8 Å². The van der Waals surface area contributed by atoms with Gasteiger partial charge in [-0.3, -0.25) is 10.1 Å². The molecule has 1 aliphatic carbocycles. The van der Waals surface area contributed by atoms with E-state index in [9.17, 15) is 14.5 Å². The van der Waals surface area contributed by atoms with Gasteiger partial charge in [0.1, 0.15) is 0 Å². The molecule has 0 bridgehead atoms. The first-order valence-corrected chi connectivity index (χ1v) is 5.88. The Balaban J connectivity index is 2.20.